The highest BCUT2D eigenvalue weighted by molar-refractivity contribution is 5.53. The van der Waals surface area contributed by atoms with Gasteiger partial charge in [0.1, 0.15) is 5.82 Å². The minimum atomic E-state index is 0.0605. The van der Waals surface area contributed by atoms with Gasteiger partial charge >= 0.3 is 0 Å². The van der Waals surface area contributed by atoms with Gasteiger partial charge in [-0.05, 0) is 30.2 Å². The van der Waals surface area contributed by atoms with Crippen molar-refractivity contribution in [3.8, 4) is 5.88 Å². The van der Waals surface area contributed by atoms with Gasteiger partial charge in [0, 0.05) is 6.54 Å². The molecule has 20 heavy (non-hydrogen) atoms. The Hall–Kier alpha value is -2.27. The minimum absolute atomic E-state index is 0.0605. The number of anilines is 2. The van der Waals surface area contributed by atoms with Gasteiger partial charge < -0.3 is 20.9 Å². The first kappa shape index (κ1) is 14.1. The third-order valence-corrected chi connectivity index (χ3v) is 2.85. The number of nitrogens with zero attached hydrogens (tertiary/aromatic N) is 1. The van der Waals surface area contributed by atoms with Crippen LogP contribution in [0.1, 0.15) is 18.1 Å². The average Bonchev–Trinajstić information content (AvgIpc) is 2.49. The SMILES string of the molecule is CCOc1nc(NCc2ccc(CO)cc2)ccc1N. The third-order valence-electron chi connectivity index (χ3n) is 2.85. The van der Waals surface area contributed by atoms with E-state index < -0.39 is 0 Å². The summed E-state index contributed by atoms with van der Waals surface area (Å²) >= 11 is 0. The monoisotopic (exact) mass is 273 g/mol. The maximum atomic E-state index is 8.99. The Morgan fingerprint density at radius 1 is 1.15 bits per heavy atom. The quantitative estimate of drug-likeness (QED) is 0.751. The summed E-state index contributed by atoms with van der Waals surface area (Å²) < 4.78 is 5.36. The molecule has 0 saturated heterocycles. The molecule has 0 atom stereocenters. The van der Waals surface area contributed by atoms with Crippen molar-refractivity contribution in [2.75, 3.05) is 17.7 Å². The van der Waals surface area contributed by atoms with Gasteiger partial charge in [-0.2, -0.15) is 4.98 Å². The average molecular weight is 273 g/mol. The van der Waals surface area contributed by atoms with Crippen molar-refractivity contribution in [3.63, 3.8) is 0 Å². The smallest absolute Gasteiger partial charge is 0.239 e. The van der Waals surface area contributed by atoms with Crippen LogP contribution in [0.25, 0.3) is 0 Å². The fraction of sp³-hybridized carbons (Fsp3) is 0.267. The number of nitrogen functional groups attached to an aromatic ring is 1. The van der Waals surface area contributed by atoms with Crippen LogP contribution < -0.4 is 15.8 Å². The van der Waals surface area contributed by atoms with E-state index in [2.05, 4.69) is 10.3 Å². The van der Waals surface area contributed by atoms with Gasteiger partial charge in [0.25, 0.3) is 0 Å². The van der Waals surface area contributed by atoms with Crippen molar-refractivity contribution >= 4 is 11.5 Å². The van der Waals surface area contributed by atoms with E-state index in [0.717, 1.165) is 11.1 Å². The number of ether oxygens (including phenoxy) is 1. The Morgan fingerprint density at radius 2 is 1.85 bits per heavy atom. The van der Waals surface area contributed by atoms with E-state index in [9.17, 15) is 0 Å². The lowest BCUT2D eigenvalue weighted by molar-refractivity contribution is 0.282. The number of nitrogens with two attached hydrogens (primary N) is 1. The van der Waals surface area contributed by atoms with E-state index in [1.165, 1.54) is 0 Å². The van der Waals surface area contributed by atoms with Crippen molar-refractivity contribution in [2.45, 2.75) is 20.1 Å². The molecule has 0 aliphatic heterocycles. The van der Waals surface area contributed by atoms with E-state index in [-0.39, 0.29) is 6.61 Å². The summed E-state index contributed by atoms with van der Waals surface area (Å²) in [4.78, 5) is 4.31. The van der Waals surface area contributed by atoms with Gasteiger partial charge in [-0.3, -0.25) is 0 Å². The molecule has 0 fully saturated rings. The number of nitrogens with one attached hydrogen (secondary N) is 1. The topological polar surface area (TPSA) is 80.4 Å². The minimum Gasteiger partial charge on any atom is -0.476 e. The van der Waals surface area contributed by atoms with E-state index in [1.54, 1.807) is 6.07 Å². The largest absolute Gasteiger partial charge is 0.476 e. The molecule has 4 N–H and O–H groups in total. The molecule has 2 rings (SSSR count). The van der Waals surface area contributed by atoms with Crippen LogP contribution in [0.4, 0.5) is 11.5 Å². The highest BCUT2D eigenvalue weighted by Crippen LogP contribution is 2.21. The molecule has 0 aliphatic carbocycles. The second-order valence-corrected chi connectivity index (χ2v) is 4.35. The molecule has 5 nitrogen and oxygen atoms in total. The molecule has 1 aromatic carbocycles. The first-order valence-electron chi connectivity index (χ1n) is 6.54. The molecule has 0 saturated carbocycles. The molecule has 0 spiro atoms. The molecule has 106 valence electrons. The summed E-state index contributed by atoms with van der Waals surface area (Å²) in [6.07, 6.45) is 0. The fourth-order valence-corrected chi connectivity index (χ4v) is 1.76. The Balaban J connectivity index is 2.00. The maximum absolute atomic E-state index is 8.99. The first-order valence-corrected chi connectivity index (χ1v) is 6.54. The van der Waals surface area contributed by atoms with Gasteiger partial charge in [0.2, 0.25) is 5.88 Å². The number of aromatic nitrogens is 1. The van der Waals surface area contributed by atoms with Gasteiger partial charge in [0.15, 0.2) is 0 Å². The summed E-state index contributed by atoms with van der Waals surface area (Å²) in [7, 11) is 0. The molecular weight excluding hydrogens is 254 g/mol. The second kappa shape index (κ2) is 6.77. The van der Waals surface area contributed by atoms with Crippen molar-refractivity contribution in [3.05, 3.63) is 47.5 Å². The summed E-state index contributed by atoms with van der Waals surface area (Å²) in [5.74, 6) is 1.17. The van der Waals surface area contributed by atoms with Crippen LogP contribution in [-0.4, -0.2) is 16.7 Å². The van der Waals surface area contributed by atoms with Crippen molar-refractivity contribution in [2.24, 2.45) is 0 Å². The molecule has 0 unspecified atom stereocenters. The number of pyridine rings is 1. The molecule has 0 radical (unpaired) electrons. The molecule has 0 bridgehead atoms. The zero-order chi connectivity index (χ0) is 14.4. The predicted molar refractivity (Wildman–Crippen MR) is 79.5 cm³/mol. The highest BCUT2D eigenvalue weighted by Gasteiger charge is 2.03. The Labute approximate surface area is 118 Å². The zero-order valence-corrected chi connectivity index (χ0v) is 11.5. The fourth-order valence-electron chi connectivity index (χ4n) is 1.76. The lowest BCUT2D eigenvalue weighted by Gasteiger charge is -2.10. The van der Waals surface area contributed by atoms with Gasteiger partial charge in [0.05, 0.1) is 18.9 Å². The molecule has 0 aliphatic rings. The number of benzene rings is 1. The molecule has 0 amide bonds. The molecule has 2 aromatic rings. The van der Waals surface area contributed by atoms with E-state index in [4.69, 9.17) is 15.6 Å². The maximum Gasteiger partial charge on any atom is 0.239 e. The number of aliphatic hydroxyl groups excluding tert-OH is 1. The van der Waals surface area contributed by atoms with E-state index >= 15 is 0 Å². The zero-order valence-electron chi connectivity index (χ0n) is 11.5. The molecule has 5 heteroatoms. The van der Waals surface area contributed by atoms with Gasteiger partial charge in [-0.15, -0.1) is 0 Å². The summed E-state index contributed by atoms with van der Waals surface area (Å²) in [6.45, 7) is 3.13. The normalized spacial score (nSPS) is 10.3. The number of aliphatic hydroxyl groups is 1. The van der Waals surface area contributed by atoms with Crippen LogP contribution in [0.3, 0.4) is 0 Å². The van der Waals surface area contributed by atoms with Gasteiger partial charge in [-0.1, -0.05) is 24.3 Å². The molecule has 1 aromatic heterocycles. The lowest BCUT2D eigenvalue weighted by atomic mass is 10.1. The lowest BCUT2D eigenvalue weighted by Crippen LogP contribution is -2.05. The predicted octanol–water partition coefficient (Wildman–Crippen LogP) is 2.17. The third kappa shape index (κ3) is 3.61. The Kier molecular flexibility index (Phi) is 4.79. The van der Waals surface area contributed by atoms with Crippen molar-refractivity contribution in [1.29, 1.82) is 0 Å². The number of hydrogen-bond acceptors (Lipinski definition) is 5. The number of rotatable bonds is 6. The Bertz CT molecular complexity index is 556. The molecule has 1 heterocycles. The second-order valence-electron chi connectivity index (χ2n) is 4.35. The Morgan fingerprint density at radius 3 is 2.50 bits per heavy atom. The van der Waals surface area contributed by atoms with Gasteiger partial charge in [-0.25, -0.2) is 0 Å². The highest BCUT2D eigenvalue weighted by atomic mass is 16.5. The first-order chi connectivity index (χ1) is 9.72. The van der Waals surface area contributed by atoms with Crippen LogP contribution in [0, 0.1) is 0 Å². The summed E-state index contributed by atoms with van der Waals surface area (Å²) in [5.41, 5.74) is 8.32. The van der Waals surface area contributed by atoms with Crippen molar-refractivity contribution in [1.82, 2.24) is 4.98 Å². The number of hydrogen-bond donors (Lipinski definition) is 3. The van der Waals surface area contributed by atoms with Crippen LogP contribution in [-0.2, 0) is 13.2 Å². The van der Waals surface area contributed by atoms with Crippen LogP contribution in [0.15, 0.2) is 36.4 Å². The van der Waals surface area contributed by atoms with Crippen molar-refractivity contribution < 1.29 is 9.84 Å². The van der Waals surface area contributed by atoms with Crippen LogP contribution in [0.2, 0.25) is 0 Å². The molecular formula is C15H19N3O2. The standard InChI is InChI=1S/C15H19N3O2/c1-2-20-15-13(16)7-8-14(18-15)17-9-11-3-5-12(10-19)6-4-11/h3-8,19H,2,9-10,16H2,1H3,(H,17,18). The van der Waals surface area contributed by atoms with E-state index in [1.807, 2.05) is 37.3 Å². The summed E-state index contributed by atoms with van der Waals surface area (Å²) in [5, 5.41) is 12.2. The van der Waals surface area contributed by atoms with Crippen LogP contribution in [0.5, 0.6) is 5.88 Å². The summed E-state index contributed by atoms with van der Waals surface area (Å²) in [6, 6.07) is 11.3. The van der Waals surface area contributed by atoms with E-state index in [0.29, 0.717) is 30.5 Å². The van der Waals surface area contributed by atoms with Crippen LogP contribution >= 0.6 is 0 Å².